The summed E-state index contributed by atoms with van der Waals surface area (Å²) in [4.78, 5) is 19.0. The molecule has 1 saturated carbocycles. The van der Waals surface area contributed by atoms with Crippen LogP contribution in [0.3, 0.4) is 0 Å². The molecule has 2 aromatic heterocycles. The van der Waals surface area contributed by atoms with E-state index in [2.05, 4.69) is 42.3 Å². The van der Waals surface area contributed by atoms with Crippen LogP contribution in [-0.2, 0) is 0 Å². The Hall–Kier alpha value is -2.29. The number of nitrogens with zero attached hydrogens (tertiary/aromatic N) is 7. The molecular weight excluding hydrogens is 258 g/mol. The van der Waals surface area contributed by atoms with E-state index < -0.39 is 0 Å². The predicted octanol–water partition coefficient (Wildman–Crippen LogP) is -0.0258. The van der Waals surface area contributed by atoms with Crippen LogP contribution in [0.5, 0.6) is 0 Å². The Morgan fingerprint density at radius 3 is 2.85 bits per heavy atom. The van der Waals surface area contributed by atoms with Crippen molar-refractivity contribution in [3.8, 4) is 5.95 Å². The van der Waals surface area contributed by atoms with E-state index >= 15 is 0 Å². The lowest BCUT2D eigenvalue weighted by Crippen LogP contribution is -2.28. The SMILES string of the molecule is CCN(CC1CC1)c1nc(NN)nc(-n2cncn2)n1. The van der Waals surface area contributed by atoms with E-state index in [1.165, 1.54) is 30.2 Å². The number of hydrazine groups is 1. The standard InChI is InChI=1S/C11H17N9/c1-2-19(5-8-3-4-8)10-15-9(18-12)16-11(17-10)20-7-13-6-14-20/h6-8H,2-5,12H2,1H3,(H,15,16,17,18). The Bertz CT molecular complexity index is 563. The first-order valence-corrected chi connectivity index (χ1v) is 6.62. The van der Waals surface area contributed by atoms with Gasteiger partial charge in [0, 0.05) is 13.1 Å². The first kappa shape index (κ1) is 12.7. The molecule has 1 aliphatic carbocycles. The minimum Gasteiger partial charge on any atom is -0.341 e. The second kappa shape index (κ2) is 5.37. The van der Waals surface area contributed by atoms with Crippen LogP contribution < -0.4 is 16.2 Å². The number of hydrogen-bond donors (Lipinski definition) is 2. The summed E-state index contributed by atoms with van der Waals surface area (Å²) < 4.78 is 1.48. The van der Waals surface area contributed by atoms with Crippen molar-refractivity contribution in [1.82, 2.24) is 29.7 Å². The van der Waals surface area contributed by atoms with Gasteiger partial charge in [0.05, 0.1) is 0 Å². The number of nitrogens with two attached hydrogens (primary N) is 1. The van der Waals surface area contributed by atoms with Crippen LogP contribution in [0.1, 0.15) is 19.8 Å². The van der Waals surface area contributed by atoms with Gasteiger partial charge in [0.2, 0.25) is 11.9 Å². The lowest BCUT2D eigenvalue weighted by atomic mass is 10.4. The highest BCUT2D eigenvalue weighted by Crippen LogP contribution is 2.30. The van der Waals surface area contributed by atoms with Crippen molar-refractivity contribution in [3.05, 3.63) is 12.7 Å². The second-order valence-corrected chi connectivity index (χ2v) is 4.73. The van der Waals surface area contributed by atoms with Gasteiger partial charge in [-0.05, 0) is 25.7 Å². The predicted molar refractivity (Wildman–Crippen MR) is 73.2 cm³/mol. The van der Waals surface area contributed by atoms with Gasteiger partial charge < -0.3 is 4.90 Å². The fourth-order valence-corrected chi connectivity index (χ4v) is 1.94. The van der Waals surface area contributed by atoms with Crippen molar-refractivity contribution >= 4 is 11.9 Å². The van der Waals surface area contributed by atoms with Gasteiger partial charge >= 0.3 is 0 Å². The van der Waals surface area contributed by atoms with E-state index in [0.717, 1.165) is 19.0 Å². The number of anilines is 2. The van der Waals surface area contributed by atoms with Crippen LogP contribution in [0.15, 0.2) is 12.7 Å². The Labute approximate surface area is 116 Å². The zero-order chi connectivity index (χ0) is 13.9. The minimum absolute atomic E-state index is 0.315. The van der Waals surface area contributed by atoms with E-state index in [1.807, 2.05) is 0 Å². The van der Waals surface area contributed by atoms with Crippen LogP contribution in [0.2, 0.25) is 0 Å². The van der Waals surface area contributed by atoms with Gasteiger partial charge in [0.15, 0.2) is 0 Å². The molecule has 20 heavy (non-hydrogen) atoms. The number of hydrogen-bond acceptors (Lipinski definition) is 8. The maximum atomic E-state index is 5.43. The fourth-order valence-electron chi connectivity index (χ4n) is 1.94. The quantitative estimate of drug-likeness (QED) is 0.558. The van der Waals surface area contributed by atoms with E-state index in [0.29, 0.717) is 17.8 Å². The number of nitrogen functional groups attached to an aromatic ring is 1. The summed E-state index contributed by atoms with van der Waals surface area (Å²) >= 11 is 0. The molecule has 1 aliphatic rings. The average molecular weight is 275 g/mol. The molecule has 2 aromatic rings. The van der Waals surface area contributed by atoms with Gasteiger partial charge in [0.25, 0.3) is 5.95 Å². The molecule has 0 aliphatic heterocycles. The van der Waals surface area contributed by atoms with Gasteiger partial charge in [0.1, 0.15) is 12.7 Å². The zero-order valence-corrected chi connectivity index (χ0v) is 11.3. The van der Waals surface area contributed by atoms with Gasteiger partial charge in [-0.3, -0.25) is 5.43 Å². The number of nitrogens with one attached hydrogen (secondary N) is 1. The molecule has 9 nitrogen and oxygen atoms in total. The van der Waals surface area contributed by atoms with Crippen LogP contribution in [0, 0.1) is 5.92 Å². The zero-order valence-electron chi connectivity index (χ0n) is 11.3. The van der Waals surface area contributed by atoms with Crippen LogP contribution >= 0.6 is 0 Å². The molecule has 0 radical (unpaired) electrons. The molecule has 0 spiro atoms. The van der Waals surface area contributed by atoms with Gasteiger partial charge in [-0.2, -0.15) is 24.7 Å². The summed E-state index contributed by atoms with van der Waals surface area (Å²) in [5.74, 6) is 7.49. The fraction of sp³-hybridized carbons (Fsp3) is 0.545. The molecule has 0 bridgehead atoms. The number of aromatic nitrogens is 6. The summed E-state index contributed by atoms with van der Waals surface area (Å²) in [7, 11) is 0. The molecule has 3 rings (SSSR count). The van der Waals surface area contributed by atoms with E-state index in [9.17, 15) is 0 Å². The third-order valence-corrected chi connectivity index (χ3v) is 3.20. The topological polar surface area (TPSA) is 111 Å². The lowest BCUT2D eigenvalue weighted by Gasteiger charge is -2.21. The Morgan fingerprint density at radius 1 is 1.40 bits per heavy atom. The summed E-state index contributed by atoms with van der Waals surface area (Å²) in [5, 5.41) is 4.03. The maximum Gasteiger partial charge on any atom is 0.258 e. The molecule has 9 heteroatoms. The van der Waals surface area contributed by atoms with Crippen LogP contribution in [0.25, 0.3) is 5.95 Å². The largest absolute Gasteiger partial charge is 0.341 e. The second-order valence-electron chi connectivity index (χ2n) is 4.73. The van der Waals surface area contributed by atoms with Crippen molar-refractivity contribution in [1.29, 1.82) is 0 Å². The van der Waals surface area contributed by atoms with Gasteiger partial charge in [-0.25, -0.2) is 10.8 Å². The first-order chi connectivity index (χ1) is 9.80. The third kappa shape index (κ3) is 2.67. The van der Waals surface area contributed by atoms with E-state index in [4.69, 9.17) is 5.84 Å². The lowest BCUT2D eigenvalue weighted by molar-refractivity contribution is 0.705. The summed E-state index contributed by atoms with van der Waals surface area (Å²) in [6, 6.07) is 0. The molecular formula is C11H17N9. The third-order valence-electron chi connectivity index (χ3n) is 3.20. The summed E-state index contributed by atoms with van der Waals surface area (Å²) in [6.07, 6.45) is 5.52. The van der Waals surface area contributed by atoms with Crippen molar-refractivity contribution in [3.63, 3.8) is 0 Å². The molecule has 3 N–H and O–H groups in total. The molecule has 0 atom stereocenters. The van der Waals surface area contributed by atoms with Gasteiger partial charge in [-0.15, -0.1) is 0 Å². The number of rotatable bonds is 6. The highest BCUT2D eigenvalue weighted by atomic mass is 15.4. The molecule has 106 valence electrons. The molecule has 0 aromatic carbocycles. The molecule has 2 heterocycles. The van der Waals surface area contributed by atoms with Crippen molar-refractivity contribution in [2.45, 2.75) is 19.8 Å². The highest BCUT2D eigenvalue weighted by molar-refractivity contribution is 5.39. The average Bonchev–Trinajstić information content (AvgIpc) is 3.13. The van der Waals surface area contributed by atoms with E-state index in [-0.39, 0.29) is 0 Å². The maximum absolute atomic E-state index is 5.43. The molecule has 1 fully saturated rings. The summed E-state index contributed by atoms with van der Waals surface area (Å²) in [6.45, 7) is 3.87. The van der Waals surface area contributed by atoms with Crippen LogP contribution in [0.4, 0.5) is 11.9 Å². The smallest absolute Gasteiger partial charge is 0.258 e. The Kier molecular flexibility index (Phi) is 3.42. The Morgan fingerprint density at radius 2 is 2.25 bits per heavy atom. The molecule has 0 unspecified atom stereocenters. The van der Waals surface area contributed by atoms with Crippen molar-refractivity contribution in [2.75, 3.05) is 23.4 Å². The normalized spacial score (nSPS) is 14.3. The van der Waals surface area contributed by atoms with E-state index in [1.54, 1.807) is 0 Å². The molecule has 0 saturated heterocycles. The monoisotopic (exact) mass is 275 g/mol. The van der Waals surface area contributed by atoms with Crippen molar-refractivity contribution < 1.29 is 0 Å². The van der Waals surface area contributed by atoms with Crippen LogP contribution in [-0.4, -0.2) is 42.8 Å². The molecule has 0 amide bonds. The first-order valence-electron chi connectivity index (χ1n) is 6.62. The summed E-state index contributed by atoms with van der Waals surface area (Å²) in [5.41, 5.74) is 2.47. The minimum atomic E-state index is 0.315. The van der Waals surface area contributed by atoms with Crippen molar-refractivity contribution in [2.24, 2.45) is 11.8 Å². The Balaban J connectivity index is 1.94. The van der Waals surface area contributed by atoms with Gasteiger partial charge in [-0.1, -0.05) is 0 Å². The highest BCUT2D eigenvalue weighted by Gasteiger charge is 2.25.